The maximum atomic E-state index is 6.03. The van der Waals surface area contributed by atoms with E-state index in [9.17, 15) is 0 Å². The summed E-state index contributed by atoms with van der Waals surface area (Å²) >= 11 is 6.03. The third-order valence-electron chi connectivity index (χ3n) is 3.78. The van der Waals surface area contributed by atoms with Gasteiger partial charge in [0, 0.05) is 35.2 Å². The second-order valence-electron chi connectivity index (χ2n) is 4.98. The topological polar surface area (TPSA) is 16.1 Å². The Bertz CT molecular complexity index is 392. The van der Waals surface area contributed by atoms with Crippen molar-refractivity contribution >= 4 is 17.3 Å². The molecule has 2 rings (SSSR count). The molecule has 2 unspecified atom stereocenters. The molecule has 0 N–H and O–H groups in total. The summed E-state index contributed by atoms with van der Waals surface area (Å²) in [6, 6.07) is 3.46. The highest BCUT2D eigenvalue weighted by Gasteiger charge is 2.30. The molecule has 1 aliphatic rings. The third kappa shape index (κ3) is 2.42. The van der Waals surface area contributed by atoms with Crippen LogP contribution in [0.2, 0.25) is 0 Å². The highest BCUT2D eigenvalue weighted by atomic mass is 35.5. The van der Waals surface area contributed by atoms with Crippen molar-refractivity contribution in [1.82, 2.24) is 4.98 Å². The summed E-state index contributed by atoms with van der Waals surface area (Å²) in [4.78, 5) is 6.89. The number of anilines is 1. The zero-order chi connectivity index (χ0) is 12.4. The average molecular weight is 253 g/mol. The molecule has 94 valence electrons. The maximum Gasteiger partial charge on any atom is 0.0509 e. The fraction of sp³-hybridized carbons (Fsp3) is 0.643. The molecule has 0 amide bonds. The third-order valence-corrected chi connectivity index (χ3v) is 4.07. The Morgan fingerprint density at radius 1 is 1.47 bits per heavy atom. The van der Waals surface area contributed by atoms with Crippen molar-refractivity contribution in [3.05, 3.63) is 23.5 Å². The molecule has 0 saturated carbocycles. The van der Waals surface area contributed by atoms with Gasteiger partial charge in [0.1, 0.15) is 0 Å². The summed E-state index contributed by atoms with van der Waals surface area (Å²) < 4.78 is 0. The van der Waals surface area contributed by atoms with Gasteiger partial charge in [0.2, 0.25) is 0 Å². The van der Waals surface area contributed by atoms with E-state index in [0.717, 1.165) is 11.3 Å². The summed E-state index contributed by atoms with van der Waals surface area (Å²) in [6.45, 7) is 6.62. The molecule has 1 aliphatic heterocycles. The Kier molecular flexibility index (Phi) is 3.93. The maximum absolute atomic E-state index is 6.03. The van der Waals surface area contributed by atoms with E-state index >= 15 is 0 Å². The van der Waals surface area contributed by atoms with E-state index in [2.05, 4.69) is 29.8 Å². The predicted molar refractivity (Wildman–Crippen MR) is 73.8 cm³/mol. The summed E-state index contributed by atoms with van der Waals surface area (Å²) in [6.07, 6.45) is 5.70. The number of aryl methyl sites for hydroxylation is 1. The number of hydrogen-bond donors (Lipinski definition) is 0. The average Bonchev–Trinajstić information content (AvgIpc) is 2.70. The first-order valence-electron chi connectivity index (χ1n) is 6.47. The molecule has 0 spiro atoms. The highest BCUT2D eigenvalue weighted by molar-refractivity contribution is 6.17. The van der Waals surface area contributed by atoms with Crippen LogP contribution in [0.4, 0.5) is 5.69 Å². The molecular formula is C14H21ClN2. The van der Waals surface area contributed by atoms with Crippen LogP contribution < -0.4 is 4.90 Å². The van der Waals surface area contributed by atoms with Gasteiger partial charge in [-0.3, -0.25) is 4.98 Å². The first kappa shape index (κ1) is 12.7. The summed E-state index contributed by atoms with van der Waals surface area (Å²) in [5, 5.41) is 0. The molecule has 0 radical (unpaired) electrons. The van der Waals surface area contributed by atoms with Crippen LogP contribution in [0.1, 0.15) is 44.4 Å². The van der Waals surface area contributed by atoms with E-state index in [4.69, 9.17) is 11.6 Å². The van der Waals surface area contributed by atoms with E-state index in [1.807, 2.05) is 13.1 Å². The Morgan fingerprint density at radius 2 is 2.24 bits per heavy atom. The molecule has 0 aliphatic carbocycles. The number of rotatable bonds is 3. The normalized spacial score (nSPS) is 24.4. The van der Waals surface area contributed by atoms with Gasteiger partial charge in [-0.2, -0.15) is 0 Å². The predicted octanol–water partition coefficient (Wildman–Crippen LogP) is 3.90. The number of alkyl halides is 1. The van der Waals surface area contributed by atoms with Crippen LogP contribution in [0.25, 0.3) is 0 Å². The largest absolute Gasteiger partial charge is 0.365 e. The molecule has 1 aromatic rings. The molecule has 2 nitrogen and oxygen atoms in total. The fourth-order valence-electron chi connectivity index (χ4n) is 2.82. The number of halogens is 1. The zero-order valence-electron chi connectivity index (χ0n) is 10.9. The molecule has 0 bridgehead atoms. The molecule has 1 saturated heterocycles. The number of nitrogens with zero attached hydrogens (tertiary/aromatic N) is 2. The molecule has 1 fully saturated rings. The van der Waals surface area contributed by atoms with Crippen molar-refractivity contribution in [2.75, 3.05) is 4.90 Å². The van der Waals surface area contributed by atoms with Crippen molar-refractivity contribution in [1.29, 1.82) is 0 Å². The lowest BCUT2D eigenvalue weighted by Gasteiger charge is -2.32. The lowest BCUT2D eigenvalue weighted by atomic mass is 10.1. The monoisotopic (exact) mass is 252 g/mol. The smallest absolute Gasteiger partial charge is 0.0509 e. The van der Waals surface area contributed by atoms with Crippen molar-refractivity contribution in [2.45, 2.75) is 58.0 Å². The van der Waals surface area contributed by atoms with Gasteiger partial charge in [0.15, 0.2) is 0 Å². The number of aromatic nitrogens is 1. The number of pyridine rings is 1. The molecule has 2 heterocycles. The van der Waals surface area contributed by atoms with Crippen molar-refractivity contribution in [3.8, 4) is 0 Å². The van der Waals surface area contributed by atoms with Crippen LogP contribution in [0.3, 0.4) is 0 Å². The first-order chi connectivity index (χ1) is 8.17. The van der Waals surface area contributed by atoms with Gasteiger partial charge in [-0.25, -0.2) is 0 Å². The van der Waals surface area contributed by atoms with E-state index < -0.39 is 0 Å². The highest BCUT2D eigenvalue weighted by Crippen LogP contribution is 2.34. The molecule has 2 atom stereocenters. The summed E-state index contributed by atoms with van der Waals surface area (Å²) in [5.41, 5.74) is 3.52. The summed E-state index contributed by atoms with van der Waals surface area (Å²) in [5.74, 6) is 0.544. The van der Waals surface area contributed by atoms with Crippen molar-refractivity contribution in [2.24, 2.45) is 0 Å². The molecule has 0 aromatic carbocycles. The molecule has 3 heteroatoms. The second kappa shape index (κ2) is 5.26. The van der Waals surface area contributed by atoms with E-state index in [-0.39, 0.29) is 0 Å². The minimum absolute atomic E-state index is 0.544. The minimum Gasteiger partial charge on any atom is -0.365 e. The Labute approximate surface area is 109 Å². The summed E-state index contributed by atoms with van der Waals surface area (Å²) in [7, 11) is 0. The zero-order valence-corrected chi connectivity index (χ0v) is 11.7. The van der Waals surface area contributed by atoms with Gasteiger partial charge in [-0.05, 0) is 39.2 Å². The van der Waals surface area contributed by atoms with Crippen LogP contribution in [0.5, 0.6) is 0 Å². The molecule has 1 aromatic heterocycles. The van der Waals surface area contributed by atoms with Gasteiger partial charge >= 0.3 is 0 Å². The van der Waals surface area contributed by atoms with E-state index in [0.29, 0.717) is 18.0 Å². The quantitative estimate of drug-likeness (QED) is 0.759. The fourth-order valence-corrected chi connectivity index (χ4v) is 3.03. The molecule has 17 heavy (non-hydrogen) atoms. The van der Waals surface area contributed by atoms with Crippen LogP contribution in [-0.4, -0.2) is 17.1 Å². The van der Waals surface area contributed by atoms with Gasteiger partial charge < -0.3 is 4.90 Å². The van der Waals surface area contributed by atoms with Crippen LogP contribution >= 0.6 is 11.6 Å². The van der Waals surface area contributed by atoms with E-state index in [1.165, 1.54) is 24.9 Å². The van der Waals surface area contributed by atoms with Crippen LogP contribution in [-0.2, 0) is 5.88 Å². The van der Waals surface area contributed by atoms with Crippen LogP contribution in [0, 0.1) is 6.92 Å². The van der Waals surface area contributed by atoms with Crippen molar-refractivity contribution in [3.63, 3.8) is 0 Å². The van der Waals surface area contributed by atoms with Crippen molar-refractivity contribution < 1.29 is 0 Å². The van der Waals surface area contributed by atoms with E-state index in [1.54, 1.807) is 0 Å². The lowest BCUT2D eigenvalue weighted by molar-refractivity contribution is 0.626. The lowest BCUT2D eigenvalue weighted by Crippen LogP contribution is -2.34. The second-order valence-corrected chi connectivity index (χ2v) is 5.25. The van der Waals surface area contributed by atoms with Gasteiger partial charge in [-0.1, -0.05) is 6.92 Å². The minimum atomic E-state index is 0.544. The Morgan fingerprint density at radius 3 is 2.88 bits per heavy atom. The van der Waals surface area contributed by atoms with Gasteiger partial charge in [0.05, 0.1) is 5.88 Å². The first-order valence-corrected chi connectivity index (χ1v) is 7.00. The van der Waals surface area contributed by atoms with Gasteiger partial charge in [0.25, 0.3) is 0 Å². The van der Waals surface area contributed by atoms with Crippen LogP contribution in [0.15, 0.2) is 12.3 Å². The molecular weight excluding hydrogens is 232 g/mol. The SMILES string of the molecule is CCC1CCC(C)N1c1cc(C)ncc1CCl. The Balaban J connectivity index is 2.40. The Hall–Kier alpha value is -0.760. The number of hydrogen-bond acceptors (Lipinski definition) is 2. The van der Waals surface area contributed by atoms with Gasteiger partial charge in [-0.15, -0.1) is 11.6 Å². The standard InChI is InChI=1S/C14H21ClN2/c1-4-13-6-5-11(3)17(13)14-7-10(2)16-9-12(14)8-15/h7,9,11,13H,4-6,8H2,1-3H3.